The van der Waals surface area contributed by atoms with Crippen molar-refractivity contribution in [2.75, 3.05) is 7.05 Å². The van der Waals surface area contributed by atoms with Crippen LogP contribution in [0.2, 0.25) is 0 Å². The van der Waals surface area contributed by atoms with E-state index in [0.29, 0.717) is 0 Å². The fraction of sp³-hybridized carbons (Fsp3) is 0.200. The lowest BCUT2D eigenvalue weighted by molar-refractivity contribution is 0.539. The van der Waals surface area contributed by atoms with Gasteiger partial charge in [0.25, 0.3) is 10.0 Å². The maximum atomic E-state index is 11.7. The van der Waals surface area contributed by atoms with Crippen molar-refractivity contribution in [2.24, 2.45) is 0 Å². The van der Waals surface area contributed by atoms with Crippen molar-refractivity contribution in [3.05, 3.63) is 42.6 Å². The Bertz CT molecular complexity index is 420. The molecule has 4 heteroatoms. The zero-order valence-electron chi connectivity index (χ0n) is 8.27. The van der Waals surface area contributed by atoms with Crippen molar-refractivity contribution in [3.8, 4) is 0 Å². The van der Waals surface area contributed by atoms with Gasteiger partial charge in [-0.25, -0.2) is 8.42 Å². The van der Waals surface area contributed by atoms with Crippen LogP contribution < -0.4 is 0 Å². The highest BCUT2D eigenvalue weighted by atomic mass is 32.2. The predicted octanol–water partition coefficient (Wildman–Crippen LogP) is 1.76. The number of hydrogen-bond acceptors (Lipinski definition) is 2. The Labute approximate surface area is 84.7 Å². The molecule has 14 heavy (non-hydrogen) atoms. The molecule has 1 aromatic rings. The minimum atomic E-state index is -3.39. The second-order valence-electron chi connectivity index (χ2n) is 3.02. The molecule has 0 aliphatic heterocycles. The van der Waals surface area contributed by atoms with Crippen LogP contribution in [0.5, 0.6) is 0 Å². The van der Waals surface area contributed by atoms with Gasteiger partial charge in [0.2, 0.25) is 0 Å². The van der Waals surface area contributed by atoms with Gasteiger partial charge in [0.15, 0.2) is 0 Å². The Morgan fingerprint density at radius 1 is 1.29 bits per heavy atom. The lowest BCUT2D eigenvalue weighted by atomic mass is 10.2. The van der Waals surface area contributed by atoms with E-state index in [-0.39, 0.29) is 4.90 Å². The van der Waals surface area contributed by atoms with Gasteiger partial charge in [-0.1, -0.05) is 24.3 Å². The van der Waals surface area contributed by atoms with Gasteiger partial charge in [-0.05, 0) is 19.1 Å². The number of hydrogen-bond donors (Lipinski definition) is 0. The Kier molecular flexibility index (Phi) is 2.96. The first-order chi connectivity index (χ1) is 6.48. The van der Waals surface area contributed by atoms with Crippen molar-refractivity contribution in [3.63, 3.8) is 0 Å². The van der Waals surface area contributed by atoms with Crippen LogP contribution in [-0.4, -0.2) is 19.8 Å². The van der Waals surface area contributed by atoms with Crippen LogP contribution in [0.1, 0.15) is 5.56 Å². The average molecular weight is 211 g/mol. The minimum Gasteiger partial charge on any atom is -0.277 e. The van der Waals surface area contributed by atoms with E-state index >= 15 is 0 Å². The normalized spacial score (nSPS) is 11.0. The first-order valence-corrected chi connectivity index (χ1v) is 5.60. The van der Waals surface area contributed by atoms with E-state index in [0.717, 1.165) is 9.87 Å². The van der Waals surface area contributed by atoms with Crippen LogP contribution in [0.4, 0.5) is 0 Å². The molecule has 0 unspecified atom stereocenters. The molecule has 0 heterocycles. The third-order valence-electron chi connectivity index (χ3n) is 1.96. The van der Waals surface area contributed by atoms with Crippen LogP contribution in [0, 0.1) is 6.92 Å². The number of rotatable bonds is 3. The first kappa shape index (κ1) is 10.8. The summed E-state index contributed by atoms with van der Waals surface area (Å²) in [4.78, 5) is 0.283. The largest absolute Gasteiger partial charge is 0.277 e. The van der Waals surface area contributed by atoms with Gasteiger partial charge < -0.3 is 0 Å². The highest BCUT2D eigenvalue weighted by molar-refractivity contribution is 7.89. The van der Waals surface area contributed by atoms with Gasteiger partial charge >= 0.3 is 0 Å². The lowest BCUT2D eigenvalue weighted by Gasteiger charge is -2.13. The van der Waals surface area contributed by atoms with Gasteiger partial charge in [-0.15, -0.1) is 0 Å². The van der Waals surface area contributed by atoms with Gasteiger partial charge in [0.05, 0.1) is 4.90 Å². The van der Waals surface area contributed by atoms with E-state index in [4.69, 9.17) is 0 Å². The molecule has 0 aliphatic rings. The summed E-state index contributed by atoms with van der Waals surface area (Å²) in [7, 11) is -1.93. The summed E-state index contributed by atoms with van der Waals surface area (Å²) < 4.78 is 24.6. The van der Waals surface area contributed by atoms with Gasteiger partial charge in [-0.2, -0.15) is 0 Å². The molecule has 0 spiro atoms. The molecule has 0 saturated heterocycles. The van der Waals surface area contributed by atoms with Crippen LogP contribution >= 0.6 is 0 Å². The van der Waals surface area contributed by atoms with Crippen molar-refractivity contribution in [1.82, 2.24) is 4.31 Å². The number of nitrogens with zero attached hydrogens (tertiary/aromatic N) is 1. The lowest BCUT2D eigenvalue weighted by Crippen LogP contribution is -2.20. The van der Waals surface area contributed by atoms with Crippen molar-refractivity contribution in [2.45, 2.75) is 11.8 Å². The number of benzene rings is 1. The van der Waals surface area contributed by atoms with E-state index in [1.54, 1.807) is 24.3 Å². The summed E-state index contributed by atoms with van der Waals surface area (Å²) in [5, 5.41) is 0. The summed E-state index contributed by atoms with van der Waals surface area (Å²) in [6.07, 6.45) is 1.27. The standard InChI is InChI=1S/C10H13NO2S/c1-4-11(3)14(12,13)10-7-5-9(2)6-8-10/h4-8H,1H2,2-3H3. The summed E-state index contributed by atoms with van der Waals surface area (Å²) >= 11 is 0. The van der Waals surface area contributed by atoms with E-state index < -0.39 is 10.0 Å². The molecule has 1 aromatic carbocycles. The summed E-state index contributed by atoms with van der Waals surface area (Å²) in [5.41, 5.74) is 1.03. The average Bonchev–Trinajstić information content (AvgIpc) is 2.17. The molecule has 1 rings (SSSR count). The Morgan fingerprint density at radius 2 is 1.79 bits per heavy atom. The maximum absolute atomic E-state index is 11.7. The third kappa shape index (κ3) is 1.96. The van der Waals surface area contributed by atoms with Crippen molar-refractivity contribution in [1.29, 1.82) is 0 Å². The summed E-state index contributed by atoms with van der Waals surface area (Å²) in [6, 6.07) is 6.71. The summed E-state index contributed by atoms with van der Waals surface area (Å²) in [5.74, 6) is 0. The SMILES string of the molecule is C=CN(C)S(=O)(=O)c1ccc(C)cc1. The maximum Gasteiger partial charge on any atom is 0.263 e. The summed E-state index contributed by atoms with van der Waals surface area (Å²) in [6.45, 7) is 5.33. The van der Waals surface area contributed by atoms with Gasteiger partial charge in [0, 0.05) is 13.2 Å². The molecule has 0 bridgehead atoms. The third-order valence-corrected chi connectivity index (χ3v) is 3.73. The second kappa shape index (κ2) is 3.84. The van der Waals surface area contributed by atoms with Gasteiger partial charge in [0.1, 0.15) is 0 Å². The topological polar surface area (TPSA) is 37.4 Å². The number of sulfonamides is 1. The Morgan fingerprint density at radius 3 is 2.21 bits per heavy atom. The number of aryl methyl sites for hydroxylation is 1. The van der Waals surface area contributed by atoms with Crippen LogP contribution in [0.3, 0.4) is 0 Å². The smallest absolute Gasteiger partial charge is 0.263 e. The van der Waals surface area contributed by atoms with Gasteiger partial charge in [-0.3, -0.25) is 4.31 Å². The first-order valence-electron chi connectivity index (χ1n) is 4.16. The monoisotopic (exact) mass is 211 g/mol. The minimum absolute atomic E-state index is 0.283. The molecule has 0 atom stereocenters. The highest BCUT2D eigenvalue weighted by Gasteiger charge is 2.16. The van der Waals surface area contributed by atoms with Crippen molar-refractivity contribution >= 4 is 10.0 Å². The zero-order chi connectivity index (χ0) is 10.8. The fourth-order valence-corrected chi connectivity index (χ4v) is 1.98. The molecule has 0 aromatic heterocycles. The molecule has 76 valence electrons. The molecular weight excluding hydrogens is 198 g/mol. The molecule has 0 amide bonds. The van der Waals surface area contributed by atoms with Crippen LogP contribution in [0.25, 0.3) is 0 Å². The fourth-order valence-electron chi connectivity index (χ4n) is 0.975. The van der Waals surface area contributed by atoms with E-state index in [2.05, 4.69) is 6.58 Å². The zero-order valence-corrected chi connectivity index (χ0v) is 9.08. The van der Waals surface area contributed by atoms with Crippen molar-refractivity contribution < 1.29 is 8.42 Å². The van der Waals surface area contributed by atoms with E-state index in [1.165, 1.54) is 13.2 Å². The Balaban J connectivity index is 3.17. The molecule has 0 fully saturated rings. The second-order valence-corrected chi connectivity index (χ2v) is 5.01. The Hall–Kier alpha value is -1.29. The van der Waals surface area contributed by atoms with E-state index in [1.807, 2.05) is 6.92 Å². The molecule has 0 N–H and O–H groups in total. The predicted molar refractivity (Wildman–Crippen MR) is 56.3 cm³/mol. The van der Waals surface area contributed by atoms with Crippen LogP contribution in [0.15, 0.2) is 41.9 Å². The van der Waals surface area contributed by atoms with E-state index in [9.17, 15) is 8.42 Å². The quantitative estimate of drug-likeness (QED) is 0.764. The highest BCUT2D eigenvalue weighted by Crippen LogP contribution is 2.14. The molecule has 0 radical (unpaired) electrons. The molecule has 0 aliphatic carbocycles. The molecule has 0 saturated carbocycles. The molecule has 3 nitrogen and oxygen atoms in total. The van der Waals surface area contributed by atoms with Crippen LogP contribution in [-0.2, 0) is 10.0 Å². The molecular formula is C10H13NO2S.